The average molecular weight is 456 g/mol. The van der Waals surface area contributed by atoms with E-state index < -0.39 is 32.7 Å². The number of hydrogen-bond acceptors (Lipinski definition) is 6. The maximum atomic E-state index is 13.6. The van der Waals surface area contributed by atoms with Crippen molar-refractivity contribution in [1.29, 1.82) is 0 Å². The molecule has 29 heavy (non-hydrogen) atoms. The van der Waals surface area contributed by atoms with E-state index in [9.17, 15) is 35.2 Å². The fourth-order valence-electron chi connectivity index (χ4n) is 2.68. The summed E-state index contributed by atoms with van der Waals surface area (Å²) in [6.45, 7) is 0.997. The van der Waals surface area contributed by atoms with Gasteiger partial charge < -0.3 is 4.74 Å². The highest BCUT2D eigenvalue weighted by molar-refractivity contribution is 7.91. The molecule has 1 amide bonds. The number of halogens is 5. The van der Waals surface area contributed by atoms with Crippen LogP contribution in [0.3, 0.4) is 0 Å². The number of carbonyl (C=O) groups is 1. The van der Waals surface area contributed by atoms with E-state index in [1.165, 1.54) is 26.2 Å². The molecule has 0 atom stereocenters. The summed E-state index contributed by atoms with van der Waals surface area (Å²) < 4.78 is 94.6. The van der Waals surface area contributed by atoms with Gasteiger partial charge in [0.05, 0.1) is 29.8 Å². The quantitative estimate of drug-likeness (QED) is 0.641. The van der Waals surface area contributed by atoms with E-state index in [2.05, 4.69) is 4.98 Å². The van der Waals surface area contributed by atoms with Crippen LogP contribution in [0.25, 0.3) is 0 Å². The van der Waals surface area contributed by atoms with Crippen LogP contribution < -0.4 is 9.64 Å². The Bertz CT molecular complexity index is 1080. The van der Waals surface area contributed by atoms with Gasteiger partial charge in [0.1, 0.15) is 4.90 Å². The number of nitrogens with zero attached hydrogens (tertiary/aromatic N) is 2. The van der Waals surface area contributed by atoms with Gasteiger partial charge >= 0.3 is 12.1 Å². The summed E-state index contributed by atoms with van der Waals surface area (Å²) in [5, 5.41) is 0. The second-order valence-electron chi connectivity index (χ2n) is 5.99. The molecule has 3 rings (SSSR count). The van der Waals surface area contributed by atoms with E-state index in [-0.39, 0.29) is 50.7 Å². The van der Waals surface area contributed by atoms with Crippen LogP contribution in [0.2, 0.25) is 0 Å². The summed E-state index contributed by atoms with van der Waals surface area (Å²) in [6.07, 6.45) is -5.80. The number of alkyl halides is 5. The molecule has 1 aliphatic heterocycles. The topological polar surface area (TPSA) is 76.6 Å². The van der Waals surface area contributed by atoms with Gasteiger partial charge in [-0.2, -0.15) is 26.9 Å². The van der Waals surface area contributed by atoms with E-state index in [0.29, 0.717) is 6.07 Å². The van der Waals surface area contributed by atoms with Crippen molar-refractivity contribution in [3.8, 4) is 5.88 Å². The number of anilines is 1. The van der Waals surface area contributed by atoms with E-state index in [0.717, 1.165) is 4.90 Å². The highest BCUT2D eigenvalue weighted by Gasteiger charge is 2.60. The molecule has 0 N–H and O–H groups in total. The van der Waals surface area contributed by atoms with Crippen LogP contribution in [0.1, 0.15) is 27.0 Å². The monoisotopic (exact) mass is 456 g/mol. The molecule has 0 radical (unpaired) electrons. The maximum absolute atomic E-state index is 13.6. The van der Waals surface area contributed by atoms with Crippen LogP contribution in [0.5, 0.6) is 5.88 Å². The van der Waals surface area contributed by atoms with Gasteiger partial charge in [-0.1, -0.05) is 6.92 Å². The summed E-state index contributed by atoms with van der Waals surface area (Å²) in [7, 11) is -2.54. The van der Waals surface area contributed by atoms with Gasteiger partial charge in [-0.15, -0.1) is 11.3 Å². The lowest BCUT2D eigenvalue weighted by atomic mass is 10.2. The molecular weight excluding hydrogens is 443 g/mol. The number of methoxy groups -OCH3 is 1. The molecule has 0 bridgehead atoms. The second kappa shape index (κ2) is 6.90. The van der Waals surface area contributed by atoms with Crippen LogP contribution in [-0.4, -0.2) is 38.3 Å². The number of ether oxygens (including phenoxy) is 1. The third kappa shape index (κ3) is 3.45. The second-order valence-corrected chi connectivity index (χ2v) is 9.37. The molecule has 0 spiro atoms. The predicted octanol–water partition coefficient (Wildman–Crippen LogP) is 3.76. The van der Waals surface area contributed by atoms with Gasteiger partial charge in [0, 0.05) is 10.9 Å². The Hall–Kier alpha value is -2.28. The number of carbonyl (C=O) groups excluding carboxylic acids is 1. The van der Waals surface area contributed by atoms with Crippen molar-refractivity contribution in [2.24, 2.45) is 0 Å². The van der Waals surface area contributed by atoms with Crippen LogP contribution in [0.15, 0.2) is 23.1 Å². The Morgan fingerprint density at radius 1 is 1.24 bits per heavy atom. The highest BCUT2D eigenvalue weighted by Crippen LogP contribution is 2.48. The lowest BCUT2D eigenvalue weighted by Crippen LogP contribution is -2.33. The highest BCUT2D eigenvalue weighted by atomic mass is 32.2. The smallest absolute Gasteiger partial charge is 0.458 e. The summed E-state index contributed by atoms with van der Waals surface area (Å²) in [5.41, 5.74) is -0.349. The number of thiophene rings is 1. The molecule has 2 aromatic heterocycles. The van der Waals surface area contributed by atoms with Gasteiger partial charge in [-0.05, 0) is 12.1 Å². The summed E-state index contributed by atoms with van der Waals surface area (Å²) in [4.78, 5) is 16.0. The molecule has 0 aliphatic carbocycles. The first-order chi connectivity index (χ1) is 13.3. The zero-order valence-corrected chi connectivity index (χ0v) is 16.5. The molecule has 0 fully saturated rings. The number of hydrogen-bond donors (Lipinski definition) is 0. The van der Waals surface area contributed by atoms with Gasteiger partial charge in [0.2, 0.25) is 5.88 Å². The molecule has 0 aromatic carbocycles. The summed E-state index contributed by atoms with van der Waals surface area (Å²) >= 11 is 0.146. The van der Waals surface area contributed by atoms with Crippen LogP contribution in [-0.2, 0) is 22.3 Å². The van der Waals surface area contributed by atoms with Crippen molar-refractivity contribution in [2.45, 2.75) is 30.5 Å². The predicted molar refractivity (Wildman–Crippen MR) is 93.3 cm³/mol. The number of aromatic nitrogens is 1. The maximum Gasteiger partial charge on any atom is 0.458 e. The largest absolute Gasteiger partial charge is 0.481 e. The zero-order valence-electron chi connectivity index (χ0n) is 14.9. The van der Waals surface area contributed by atoms with E-state index >= 15 is 0 Å². The van der Waals surface area contributed by atoms with Crippen LogP contribution in [0, 0.1) is 0 Å². The van der Waals surface area contributed by atoms with Gasteiger partial charge in [-0.25, -0.2) is 8.42 Å². The van der Waals surface area contributed by atoms with Crippen molar-refractivity contribution < 1.29 is 39.9 Å². The molecule has 2 aromatic rings. The van der Waals surface area contributed by atoms with Crippen molar-refractivity contribution in [3.05, 3.63) is 33.5 Å². The van der Waals surface area contributed by atoms with E-state index in [1.807, 2.05) is 0 Å². The molecule has 0 saturated carbocycles. The fraction of sp³-hybridized carbons (Fsp3) is 0.375. The molecule has 1 aliphatic rings. The fourth-order valence-corrected chi connectivity index (χ4v) is 4.83. The van der Waals surface area contributed by atoms with Gasteiger partial charge in [0.15, 0.2) is 15.7 Å². The molecule has 6 nitrogen and oxygen atoms in total. The lowest BCUT2D eigenvalue weighted by Gasteiger charge is -2.20. The van der Waals surface area contributed by atoms with Crippen molar-refractivity contribution in [2.75, 3.05) is 17.8 Å². The number of sulfone groups is 1. The number of fused-ring (bicyclic) bond motifs is 1. The minimum atomic E-state index is -5.80. The Morgan fingerprint density at radius 3 is 2.41 bits per heavy atom. The molecule has 3 heterocycles. The molecule has 0 saturated heterocycles. The van der Waals surface area contributed by atoms with Crippen LogP contribution in [0.4, 0.5) is 27.8 Å². The van der Waals surface area contributed by atoms with Crippen molar-refractivity contribution >= 4 is 32.9 Å². The Labute approximate surface area is 165 Å². The van der Waals surface area contributed by atoms with E-state index in [1.54, 1.807) is 0 Å². The number of pyridine rings is 1. The van der Waals surface area contributed by atoms with Gasteiger partial charge in [0.25, 0.3) is 5.91 Å². The number of amides is 1. The zero-order chi connectivity index (χ0) is 21.8. The minimum absolute atomic E-state index is 0.00222. The third-order valence-corrected chi connectivity index (χ3v) is 7.18. The standard InChI is InChI=1S/C16H13F5N2O4S2/c1-3-29(25,26)10-4-5-12(27-2)22-13(10)23-7-9-8(14(23)24)6-11(28-9)15(17,18)16(19,20)21/h4-6H,3,7H2,1-2H3. The number of rotatable bonds is 5. The summed E-state index contributed by atoms with van der Waals surface area (Å²) in [5.74, 6) is -6.59. The van der Waals surface area contributed by atoms with Crippen molar-refractivity contribution in [3.63, 3.8) is 0 Å². The first kappa shape index (κ1) is 21.4. The van der Waals surface area contributed by atoms with Gasteiger partial charge in [-0.3, -0.25) is 9.69 Å². The minimum Gasteiger partial charge on any atom is -0.481 e. The van der Waals surface area contributed by atoms with E-state index in [4.69, 9.17) is 4.74 Å². The third-order valence-electron chi connectivity index (χ3n) is 4.25. The average Bonchev–Trinajstić information content (AvgIpc) is 3.20. The van der Waals surface area contributed by atoms with Crippen molar-refractivity contribution in [1.82, 2.24) is 4.98 Å². The lowest BCUT2D eigenvalue weighted by molar-refractivity contribution is -0.287. The molecular formula is C16H13F5N2O4S2. The summed E-state index contributed by atoms with van der Waals surface area (Å²) in [6, 6.07) is 2.97. The van der Waals surface area contributed by atoms with Crippen LogP contribution >= 0.6 is 11.3 Å². The Morgan fingerprint density at radius 2 is 1.90 bits per heavy atom. The first-order valence-electron chi connectivity index (χ1n) is 8.01. The first-order valence-corrected chi connectivity index (χ1v) is 10.5. The SMILES string of the molecule is CCS(=O)(=O)c1ccc(OC)nc1N1Cc2sc(C(F)(F)C(F)(F)F)cc2C1=O. The normalized spacial score (nSPS) is 15.0. The molecule has 158 valence electrons. The Balaban J connectivity index is 2.05. The Kier molecular flexibility index (Phi) is 5.10. The molecule has 13 heteroatoms. The molecule has 0 unspecified atom stereocenters.